The molecule has 0 aliphatic carbocycles. The molecule has 0 aliphatic heterocycles. The van der Waals surface area contributed by atoms with Crippen molar-refractivity contribution < 1.29 is 27.3 Å². The third-order valence-corrected chi connectivity index (χ3v) is 2.43. The molecule has 0 rings (SSSR count). The molecule has 0 bridgehead atoms. The van der Waals surface area contributed by atoms with Crippen molar-refractivity contribution in [1.29, 1.82) is 0 Å². The van der Waals surface area contributed by atoms with Crippen LogP contribution in [0.4, 0.5) is 0 Å². The standard InChI is InChI=1S/C7H11NO6S.Na.H/c1-2-3-14-7(10)5(4-6(8)9)15(11,12)13;;/h2,5H,1,3-4H2,(H2,8,9)(H,11,12,13);;. The molecule has 1 atom stereocenters. The average Bonchev–Trinajstić information content (AvgIpc) is 2.08. The van der Waals surface area contributed by atoms with Crippen LogP contribution in [0.15, 0.2) is 12.7 Å². The summed E-state index contributed by atoms with van der Waals surface area (Å²) in [5.41, 5.74) is 4.71. The molecule has 1 unspecified atom stereocenters. The van der Waals surface area contributed by atoms with Crippen molar-refractivity contribution in [3.63, 3.8) is 0 Å². The van der Waals surface area contributed by atoms with Crippen LogP contribution in [0, 0.1) is 0 Å². The van der Waals surface area contributed by atoms with Crippen LogP contribution in [-0.4, -0.2) is 66.3 Å². The SMILES string of the molecule is C=CCOC(=O)C(CC(N)=O)S(=O)(=O)O.[NaH]. The molecule has 0 radical (unpaired) electrons. The van der Waals surface area contributed by atoms with Gasteiger partial charge in [0.25, 0.3) is 10.1 Å². The Morgan fingerprint density at radius 1 is 1.50 bits per heavy atom. The third kappa shape index (κ3) is 6.96. The summed E-state index contributed by atoms with van der Waals surface area (Å²) in [6, 6.07) is 0. The molecular weight excluding hydrogens is 249 g/mol. The summed E-state index contributed by atoms with van der Waals surface area (Å²) in [6.07, 6.45) is 0.387. The van der Waals surface area contributed by atoms with Crippen LogP contribution in [0.25, 0.3) is 0 Å². The molecule has 0 heterocycles. The van der Waals surface area contributed by atoms with Gasteiger partial charge in [-0.2, -0.15) is 8.42 Å². The molecule has 88 valence electrons. The van der Waals surface area contributed by atoms with Gasteiger partial charge in [-0.25, -0.2) is 0 Å². The van der Waals surface area contributed by atoms with Crippen LogP contribution in [0.2, 0.25) is 0 Å². The van der Waals surface area contributed by atoms with E-state index < -0.39 is 33.7 Å². The number of primary amides is 1. The molecule has 0 aliphatic rings. The Labute approximate surface area is 115 Å². The zero-order valence-corrected chi connectivity index (χ0v) is 8.57. The predicted molar refractivity (Wildman–Crippen MR) is 57.5 cm³/mol. The molecule has 9 heteroatoms. The van der Waals surface area contributed by atoms with Gasteiger partial charge < -0.3 is 10.5 Å². The van der Waals surface area contributed by atoms with Crippen molar-refractivity contribution in [3.8, 4) is 0 Å². The van der Waals surface area contributed by atoms with Gasteiger partial charge in [0.1, 0.15) is 6.61 Å². The van der Waals surface area contributed by atoms with Gasteiger partial charge in [-0.05, 0) is 0 Å². The number of nitrogens with two attached hydrogens (primary N) is 1. The molecular formula is C7H12NNaO6S. The van der Waals surface area contributed by atoms with Crippen LogP contribution in [0.1, 0.15) is 6.42 Å². The average molecular weight is 261 g/mol. The molecule has 16 heavy (non-hydrogen) atoms. The molecule has 1 amide bonds. The van der Waals surface area contributed by atoms with Crippen LogP contribution in [-0.2, 0) is 24.4 Å². The molecule has 0 aromatic carbocycles. The quantitative estimate of drug-likeness (QED) is 0.251. The van der Waals surface area contributed by atoms with Gasteiger partial charge in [0.05, 0.1) is 6.42 Å². The normalized spacial score (nSPS) is 12.1. The molecule has 0 fully saturated rings. The van der Waals surface area contributed by atoms with Gasteiger partial charge in [-0.3, -0.25) is 14.1 Å². The fourth-order valence-electron chi connectivity index (χ4n) is 0.727. The van der Waals surface area contributed by atoms with Crippen molar-refractivity contribution in [1.82, 2.24) is 0 Å². The monoisotopic (exact) mass is 261 g/mol. The van der Waals surface area contributed by atoms with Crippen molar-refractivity contribution in [3.05, 3.63) is 12.7 Å². The van der Waals surface area contributed by atoms with E-state index in [1.165, 1.54) is 6.08 Å². The number of hydrogen-bond acceptors (Lipinski definition) is 5. The Morgan fingerprint density at radius 3 is 2.31 bits per heavy atom. The number of carbonyl (C=O) groups excluding carboxylic acids is 2. The number of hydrogen-bond donors (Lipinski definition) is 2. The fraction of sp³-hybridized carbons (Fsp3) is 0.429. The zero-order chi connectivity index (χ0) is 12.1. The summed E-state index contributed by atoms with van der Waals surface area (Å²) in [6.45, 7) is 3.02. The van der Waals surface area contributed by atoms with E-state index in [2.05, 4.69) is 11.3 Å². The molecule has 0 aromatic heterocycles. The Bertz CT molecular complexity index is 365. The summed E-state index contributed by atoms with van der Waals surface area (Å²) >= 11 is 0. The Hall–Kier alpha value is -0.410. The third-order valence-electron chi connectivity index (χ3n) is 1.35. The maximum atomic E-state index is 11.1. The van der Waals surface area contributed by atoms with Crippen molar-refractivity contribution in [2.24, 2.45) is 5.73 Å². The Balaban J connectivity index is 0. The molecule has 0 aromatic rings. The second-order valence-electron chi connectivity index (χ2n) is 2.59. The van der Waals surface area contributed by atoms with Gasteiger partial charge in [0, 0.05) is 0 Å². The van der Waals surface area contributed by atoms with Crippen molar-refractivity contribution >= 4 is 51.6 Å². The van der Waals surface area contributed by atoms with Gasteiger partial charge in [-0.1, -0.05) is 12.7 Å². The van der Waals surface area contributed by atoms with E-state index in [4.69, 9.17) is 10.3 Å². The number of esters is 1. The summed E-state index contributed by atoms with van der Waals surface area (Å²) in [7, 11) is -4.70. The van der Waals surface area contributed by atoms with Crippen molar-refractivity contribution in [2.45, 2.75) is 11.7 Å². The van der Waals surface area contributed by atoms with E-state index in [0.717, 1.165) is 0 Å². The van der Waals surface area contributed by atoms with E-state index in [1.807, 2.05) is 0 Å². The van der Waals surface area contributed by atoms with Crippen LogP contribution >= 0.6 is 0 Å². The molecule has 7 nitrogen and oxygen atoms in total. The summed E-state index contributed by atoms with van der Waals surface area (Å²) in [5.74, 6) is -2.27. The van der Waals surface area contributed by atoms with Gasteiger partial charge >= 0.3 is 35.5 Å². The second-order valence-corrected chi connectivity index (χ2v) is 4.19. The van der Waals surface area contributed by atoms with Crippen LogP contribution < -0.4 is 5.73 Å². The summed E-state index contributed by atoms with van der Waals surface area (Å²) in [4.78, 5) is 21.5. The summed E-state index contributed by atoms with van der Waals surface area (Å²) in [5, 5.41) is -1.98. The van der Waals surface area contributed by atoms with Crippen molar-refractivity contribution in [2.75, 3.05) is 6.61 Å². The van der Waals surface area contributed by atoms with Gasteiger partial charge in [0.2, 0.25) is 5.91 Å². The van der Waals surface area contributed by atoms with E-state index in [1.54, 1.807) is 0 Å². The first-order chi connectivity index (χ1) is 6.79. The second kappa shape index (κ2) is 7.80. The van der Waals surface area contributed by atoms with E-state index in [-0.39, 0.29) is 36.2 Å². The number of rotatable bonds is 6. The molecule has 0 saturated heterocycles. The molecule has 0 spiro atoms. The number of carbonyl (C=O) groups is 2. The topological polar surface area (TPSA) is 124 Å². The first-order valence-electron chi connectivity index (χ1n) is 3.81. The minimum atomic E-state index is -4.70. The predicted octanol–water partition coefficient (Wildman–Crippen LogP) is -1.80. The van der Waals surface area contributed by atoms with E-state index in [0.29, 0.717) is 0 Å². The molecule has 0 saturated carbocycles. The molecule has 3 N–H and O–H groups in total. The number of ether oxygens (including phenoxy) is 1. The van der Waals surface area contributed by atoms with Gasteiger partial charge in [-0.15, -0.1) is 0 Å². The number of amides is 1. The Kier molecular flexibility index (Phi) is 8.76. The Morgan fingerprint density at radius 2 is 2.00 bits per heavy atom. The first-order valence-corrected chi connectivity index (χ1v) is 5.31. The first kappa shape index (κ1) is 18.0. The van der Waals surface area contributed by atoms with Crippen LogP contribution in [0.5, 0.6) is 0 Å². The van der Waals surface area contributed by atoms with E-state index in [9.17, 15) is 18.0 Å². The summed E-state index contributed by atoms with van der Waals surface area (Å²) < 4.78 is 34.4. The van der Waals surface area contributed by atoms with E-state index >= 15 is 0 Å². The van der Waals surface area contributed by atoms with Crippen LogP contribution in [0.3, 0.4) is 0 Å². The fourth-order valence-corrected chi connectivity index (χ4v) is 1.41. The minimum absolute atomic E-state index is 0. The zero-order valence-electron chi connectivity index (χ0n) is 7.75. The maximum absolute atomic E-state index is 11.1. The van der Waals surface area contributed by atoms with Gasteiger partial charge in [0.15, 0.2) is 5.25 Å².